The highest BCUT2D eigenvalue weighted by atomic mass is 35.5. The van der Waals surface area contributed by atoms with Crippen LogP contribution in [0.5, 0.6) is 11.5 Å². The quantitative estimate of drug-likeness (QED) is 0.688. The zero-order valence-corrected chi connectivity index (χ0v) is 18.5. The molecule has 2 aromatic rings. The molecule has 1 heterocycles. The van der Waals surface area contributed by atoms with E-state index in [0.717, 1.165) is 12.8 Å². The van der Waals surface area contributed by atoms with Gasteiger partial charge in [0.1, 0.15) is 0 Å². The SMILES string of the molecule is COc1ccc(NC(=O)C[C@H]2CCCCN2S(=O)(=O)c2ccc(Cl)cc2)cc1OC. The van der Waals surface area contributed by atoms with Gasteiger partial charge >= 0.3 is 0 Å². The number of carbonyl (C=O) groups excluding carboxylic acids is 1. The molecule has 0 unspecified atom stereocenters. The molecule has 1 aliphatic heterocycles. The van der Waals surface area contributed by atoms with E-state index >= 15 is 0 Å². The Morgan fingerprint density at radius 2 is 1.80 bits per heavy atom. The summed E-state index contributed by atoms with van der Waals surface area (Å²) in [6.07, 6.45) is 2.34. The lowest BCUT2D eigenvalue weighted by atomic mass is 10.0. The van der Waals surface area contributed by atoms with Crippen molar-refractivity contribution in [2.75, 3.05) is 26.1 Å². The Morgan fingerprint density at radius 3 is 2.47 bits per heavy atom. The smallest absolute Gasteiger partial charge is 0.243 e. The second kappa shape index (κ2) is 9.68. The van der Waals surface area contributed by atoms with Crippen LogP contribution in [0.25, 0.3) is 0 Å². The van der Waals surface area contributed by atoms with Crippen LogP contribution in [0.4, 0.5) is 5.69 Å². The van der Waals surface area contributed by atoms with E-state index in [1.807, 2.05) is 0 Å². The molecule has 1 atom stereocenters. The van der Waals surface area contributed by atoms with Crippen molar-refractivity contribution in [2.24, 2.45) is 0 Å². The molecular formula is C21H25ClN2O5S. The monoisotopic (exact) mass is 452 g/mol. The van der Waals surface area contributed by atoms with Gasteiger partial charge in [-0.05, 0) is 49.2 Å². The molecule has 0 saturated carbocycles. The van der Waals surface area contributed by atoms with Crippen LogP contribution in [0, 0.1) is 0 Å². The largest absolute Gasteiger partial charge is 0.493 e. The second-order valence-electron chi connectivity index (χ2n) is 7.04. The number of amides is 1. The zero-order valence-electron chi connectivity index (χ0n) is 16.9. The van der Waals surface area contributed by atoms with Gasteiger partial charge in [0.25, 0.3) is 0 Å². The summed E-state index contributed by atoms with van der Waals surface area (Å²) in [5.41, 5.74) is 0.556. The van der Waals surface area contributed by atoms with Crippen molar-refractivity contribution >= 4 is 33.2 Å². The van der Waals surface area contributed by atoms with Crippen molar-refractivity contribution in [1.82, 2.24) is 4.31 Å². The maximum atomic E-state index is 13.1. The summed E-state index contributed by atoms with van der Waals surface area (Å²) in [5, 5.41) is 3.29. The normalized spacial score (nSPS) is 17.4. The summed E-state index contributed by atoms with van der Waals surface area (Å²) in [6, 6.07) is 10.8. The third-order valence-corrected chi connectivity index (χ3v) is 7.30. The molecule has 1 aliphatic rings. The number of hydrogen-bond donors (Lipinski definition) is 1. The average molecular weight is 453 g/mol. The van der Waals surface area contributed by atoms with Gasteiger partial charge in [0.05, 0.1) is 19.1 Å². The van der Waals surface area contributed by atoms with Gasteiger partial charge in [-0.25, -0.2) is 8.42 Å². The number of halogens is 1. The van der Waals surface area contributed by atoms with Crippen molar-refractivity contribution in [3.8, 4) is 11.5 Å². The number of sulfonamides is 1. The Kier molecular flexibility index (Phi) is 7.23. The van der Waals surface area contributed by atoms with E-state index in [1.54, 1.807) is 30.3 Å². The zero-order chi connectivity index (χ0) is 21.7. The van der Waals surface area contributed by atoms with Crippen LogP contribution in [-0.4, -0.2) is 45.4 Å². The van der Waals surface area contributed by atoms with E-state index in [4.69, 9.17) is 21.1 Å². The third-order valence-electron chi connectivity index (χ3n) is 5.08. The van der Waals surface area contributed by atoms with Crippen molar-refractivity contribution < 1.29 is 22.7 Å². The summed E-state index contributed by atoms with van der Waals surface area (Å²) in [7, 11) is -0.653. The topological polar surface area (TPSA) is 84.9 Å². The van der Waals surface area contributed by atoms with Crippen molar-refractivity contribution in [1.29, 1.82) is 0 Å². The molecule has 0 spiro atoms. The van der Waals surface area contributed by atoms with E-state index in [-0.39, 0.29) is 17.2 Å². The number of methoxy groups -OCH3 is 2. The predicted octanol–water partition coefficient (Wildman–Crippen LogP) is 3.93. The van der Waals surface area contributed by atoms with Crippen molar-refractivity contribution in [3.63, 3.8) is 0 Å². The van der Waals surface area contributed by atoms with Crippen molar-refractivity contribution in [3.05, 3.63) is 47.5 Å². The molecule has 7 nitrogen and oxygen atoms in total. The molecule has 0 radical (unpaired) electrons. The number of nitrogens with one attached hydrogen (secondary N) is 1. The molecule has 1 saturated heterocycles. The predicted molar refractivity (Wildman–Crippen MR) is 116 cm³/mol. The van der Waals surface area contributed by atoms with E-state index in [1.165, 1.54) is 30.7 Å². The Hall–Kier alpha value is -2.29. The summed E-state index contributed by atoms with van der Waals surface area (Å²) >= 11 is 5.88. The lowest BCUT2D eigenvalue weighted by Crippen LogP contribution is -2.45. The number of carbonyl (C=O) groups is 1. The van der Waals surface area contributed by atoms with Gasteiger partial charge in [-0.15, -0.1) is 0 Å². The lowest BCUT2D eigenvalue weighted by molar-refractivity contribution is -0.117. The van der Waals surface area contributed by atoms with Gasteiger partial charge in [0.15, 0.2) is 11.5 Å². The molecule has 2 aromatic carbocycles. The maximum absolute atomic E-state index is 13.1. The van der Waals surface area contributed by atoms with Gasteiger partial charge in [-0.3, -0.25) is 4.79 Å². The van der Waals surface area contributed by atoms with Crippen LogP contribution < -0.4 is 14.8 Å². The number of hydrogen-bond acceptors (Lipinski definition) is 5. The van der Waals surface area contributed by atoms with Crippen LogP contribution in [0.15, 0.2) is 47.4 Å². The molecule has 0 aliphatic carbocycles. The van der Waals surface area contributed by atoms with Gasteiger partial charge in [-0.2, -0.15) is 4.31 Å². The fraction of sp³-hybridized carbons (Fsp3) is 0.381. The minimum absolute atomic E-state index is 0.0706. The highest BCUT2D eigenvalue weighted by Gasteiger charge is 2.34. The molecule has 1 N–H and O–H groups in total. The fourth-order valence-corrected chi connectivity index (χ4v) is 5.40. The molecule has 9 heteroatoms. The minimum Gasteiger partial charge on any atom is -0.493 e. The summed E-state index contributed by atoms with van der Waals surface area (Å²) in [6.45, 7) is 0.388. The number of benzene rings is 2. The maximum Gasteiger partial charge on any atom is 0.243 e. The van der Waals surface area contributed by atoms with Gasteiger partial charge in [-0.1, -0.05) is 18.0 Å². The number of anilines is 1. The van der Waals surface area contributed by atoms with Crippen LogP contribution in [-0.2, 0) is 14.8 Å². The van der Waals surface area contributed by atoms with E-state index in [2.05, 4.69) is 5.32 Å². The average Bonchev–Trinajstić information content (AvgIpc) is 2.74. The minimum atomic E-state index is -3.71. The number of nitrogens with zero attached hydrogens (tertiary/aromatic N) is 1. The van der Waals surface area contributed by atoms with Crippen LogP contribution in [0.2, 0.25) is 5.02 Å². The molecular weight excluding hydrogens is 428 g/mol. The van der Waals surface area contributed by atoms with Crippen LogP contribution >= 0.6 is 11.6 Å². The summed E-state index contributed by atoms with van der Waals surface area (Å²) in [5.74, 6) is 0.799. The molecule has 0 bridgehead atoms. The first-order chi connectivity index (χ1) is 14.3. The second-order valence-corrected chi connectivity index (χ2v) is 9.37. The van der Waals surface area contributed by atoms with Gasteiger partial charge in [0.2, 0.25) is 15.9 Å². The summed E-state index contributed by atoms with van der Waals surface area (Å²) in [4.78, 5) is 12.8. The number of rotatable bonds is 7. The van der Waals surface area contributed by atoms with Crippen molar-refractivity contribution in [2.45, 2.75) is 36.6 Å². The first-order valence-electron chi connectivity index (χ1n) is 9.64. The summed E-state index contributed by atoms with van der Waals surface area (Å²) < 4.78 is 38.1. The standard InChI is InChI=1S/C21H25ClN2O5S/c1-28-19-11-8-16(13-20(19)29-2)23-21(25)14-17-5-3-4-12-24(17)30(26,27)18-9-6-15(22)7-10-18/h6-11,13,17H,3-5,12,14H2,1-2H3,(H,23,25)/t17-/m1/s1. The number of ether oxygens (including phenoxy) is 2. The fourth-order valence-electron chi connectivity index (χ4n) is 3.58. The van der Waals surface area contributed by atoms with Crippen LogP contribution in [0.3, 0.4) is 0 Å². The van der Waals surface area contributed by atoms with E-state index in [0.29, 0.717) is 35.2 Å². The number of piperidine rings is 1. The molecule has 1 fully saturated rings. The molecule has 3 rings (SSSR count). The Morgan fingerprint density at radius 1 is 1.10 bits per heavy atom. The Bertz CT molecular complexity index is 995. The van der Waals surface area contributed by atoms with Gasteiger partial charge in [0, 0.05) is 35.8 Å². The lowest BCUT2D eigenvalue weighted by Gasteiger charge is -2.34. The highest BCUT2D eigenvalue weighted by molar-refractivity contribution is 7.89. The molecule has 1 amide bonds. The molecule has 0 aromatic heterocycles. The first-order valence-corrected chi connectivity index (χ1v) is 11.5. The first kappa shape index (κ1) is 22.4. The highest BCUT2D eigenvalue weighted by Crippen LogP contribution is 2.31. The Labute approximate surface area is 182 Å². The van der Waals surface area contributed by atoms with Crippen LogP contribution in [0.1, 0.15) is 25.7 Å². The Balaban J connectivity index is 1.74. The van der Waals surface area contributed by atoms with E-state index in [9.17, 15) is 13.2 Å². The van der Waals surface area contributed by atoms with Gasteiger partial charge < -0.3 is 14.8 Å². The third kappa shape index (κ3) is 5.06. The molecule has 162 valence electrons. The van der Waals surface area contributed by atoms with E-state index < -0.39 is 16.1 Å². The molecule has 30 heavy (non-hydrogen) atoms.